The summed E-state index contributed by atoms with van der Waals surface area (Å²) in [7, 11) is 1.33. The highest BCUT2D eigenvalue weighted by molar-refractivity contribution is 5.88. The minimum Gasteiger partial charge on any atom is -0.466 e. The van der Waals surface area contributed by atoms with Crippen molar-refractivity contribution in [2.24, 2.45) is 11.3 Å². The Labute approximate surface area is 172 Å². The summed E-state index contributed by atoms with van der Waals surface area (Å²) in [6.07, 6.45) is 10.5. The second kappa shape index (κ2) is 7.47. The van der Waals surface area contributed by atoms with Gasteiger partial charge in [-0.2, -0.15) is 0 Å². The van der Waals surface area contributed by atoms with E-state index in [-0.39, 0.29) is 17.9 Å². The Bertz CT molecular complexity index is 821. The van der Waals surface area contributed by atoms with Crippen molar-refractivity contribution in [3.05, 3.63) is 35.5 Å². The summed E-state index contributed by atoms with van der Waals surface area (Å²) in [4.78, 5) is 37.1. The van der Waals surface area contributed by atoms with Gasteiger partial charge in [-0.25, -0.2) is 4.79 Å². The first-order chi connectivity index (χ1) is 13.6. The number of carbonyl (C=O) groups excluding carboxylic acids is 3. The van der Waals surface area contributed by atoms with Gasteiger partial charge in [0.1, 0.15) is 16.6 Å². The van der Waals surface area contributed by atoms with E-state index in [0.717, 1.165) is 12.8 Å². The van der Waals surface area contributed by atoms with Gasteiger partial charge in [-0.15, -0.1) is 0 Å². The number of allylic oxidation sites excluding steroid dienone is 4. The van der Waals surface area contributed by atoms with Crippen LogP contribution in [0.1, 0.15) is 59.8 Å². The first-order valence-electron chi connectivity index (χ1n) is 10.1. The zero-order chi connectivity index (χ0) is 21.4. The van der Waals surface area contributed by atoms with E-state index in [4.69, 9.17) is 14.2 Å². The normalized spacial score (nSPS) is 36.7. The first kappa shape index (κ1) is 21.3. The van der Waals surface area contributed by atoms with Crippen molar-refractivity contribution in [3.8, 4) is 0 Å². The van der Waals surface area contributed by atoms with E-state index in [2.05, 4.69) is 6.08 Å². The quantitative estimate of drug-likeness (QED) is 0.234. The molecule has 1 saturated heterocycles. The summed E-state index contributed by atoms with van der Waals surface area (Å²) in [6.45, 7) is 6.97. The van der Waals surface area contributed by atoms with Gasteiger partial charge in [0.25, 0.3) is 0 Å². The number of cyclic esters (lactones) is 1. The van der Waals surface area contributed by atoms with Crippen LogP contribution in [-0.2, 0) is 28.6 Å². The van der Waals surface area contributed by atoms with E-state index in [1.807, 2.05) is 13.8 Å². The summed E-state index contributed by atoms with van der Waals surface area (Å²) in [5.41, 5.74) is -1.00. The van der Waals surface area contributed by atoms with Gasteiger partial charge in [-0.05, 0) is 59.0 Å². The molecule has 29 heavy (non-hydrogen) atoms. The number of methoxy groups -OCH3 is 1. The maximum absolute atomic E-state index is 13.4. The Kier molecular flexibility index (Phi) is 5.50. The van der Waals surface area contributed by atoms with Crippen LogP contribution in [0.4, 0.5) is 0 Å². The molecule has 1 aliphatic heterocycles. The van der Waals surface area contributed by atoms with Crippen molar-refractivity contribution >= 4 is 17.9 Å². The molecule has 0 aromatic heterocycles. The summed E-state index contributed by atoms with van der Waals surface area (Å²) in [5.74, 6) is -1.25. The van der Waals surface area contributed by atoms with Crippen LogP contribution in [0.2, 0.25) is 0 Å². The van der Waals surface area contributed by atoms with Crippen LogP contribution in [0.3, 0.4) is 0 Å². The Morgan fingerprint density at radius 2 is 2.00 bits per heavy atom. The lowest BCUT2D eigenvalue weighted by Crippen LogP contribution is -2.65. The highest BCUT2D eigenvalue weighted by atomic mass is 16.6. The molecule has 4 atom stereocenters. The molecule has 0 aromatic carbocycles. The zero-order valence-corrected chi connectivity index (χ0v) is 17.9. The monoisotopic (exact) mass is 402 g/mol. The minimum absolute atomic E-state index is 0.154. The van der Waals surface area contributed by atoms with E-state index < -0.39 is 22.6 Å². The molecule has 1 heterocycles. The van der Waals surface area contributed by atoms with Gasteiger partial charge in [-0.3, -0.25) is 9.59 Å². The molecule has 6 nitrogen and oxygen atoms in total. The lowest BCUT2D eigenvalue weighted by atomic mass is 9.62. The van der Waals surface area contributed by atoms with Gasteiger partial charge in [-0.1, -0.05) is 23.8 Å². The molecular formula is C23H30O6. The number of rotatable bonds is 4. The third-order valence-corrected chi connectivity index (χ3v) is 6.92. The topological polar surface area (TPSA) is 78.9 Å². The number of hydrogen-bond acceptors (Lipinski definition) is 6. The first-order valence-corrected chi connectivity index (χ1v) is 10.1. The minimum atomic E-state index is -0.933. The second-order valence-corrected chi connectivity index (χ2v) is 8.68. The summed E-state index contributed by atoms with van der Waals surface area (Å²) < 4.78 is 16.7. The molecule has 0 spiro atoms. The Morgan fingerprint density at radius 1 is 1.28 bits per heavy atom. The molecule has 1 saturated carbocycles. The predicted octanol–water partition coefficient (Wildman–Crippen LogP) is 3.81. The summed E-state index contributed by atoms with van der Waals surface area (Å²) in [6, 6.07) is 0. The van der Waals surface area contributed by atoms with Crippen molar-refractivity contribution in [1.29, 1.82) is 0 Å². The van der Waals surface area contributed by atoms with E-state index in [0.29, 0.717) is 24.8 Å². The van der Waals surface area contributed by atoms with Crippen molar-refractivity contribution in [1.82, 2.24) is 0 Å². The third-order valence-electron chi connectivity index (χ3n) is 6.92. The van der Waals surface area contributed by atoms with Gasteiger partial charge in [0.05, 0.1) is 7.11 Å². The van der Waals surface area contributed by atoms with Crippen molar-refractivity contribution in [2.75, 3.05) is 7.11 Å². The molecular weight excluding hydrogens is 372 g/mol. The van der Waals surface area contributed by atoms with Crippen molar-refractivity contribution < 1.29 is 28.6 Å². The standard InChI is InChI=1S/C23H30O6/c1-15-8-12-22-13-10-18(23(22,14-9-15)28-17(3)24)21(4,29-20(22)26)11-6-7-16(2)19(25)27-5/h6-8,11,18H,9-10,12-14H2,1-5H3. The van der Waals surface area contributed by atoms with E-state index in [1.54, 1.807) is 25.2 Å². The third kappa shape index (κ3) is 3.32. The number of esters is 3. The van der Waals surface area contributed by atoms with Gasteiger partial charge in [0.2, 0.25) is 0 Å². The highest BCUT2D eigenvalue weighted by Gasteiger charge is 2.74. The summed E-state index contributed by atoms with van der Waals surface area (Å²) >= 11 is 0. The van der Waals surface area contributed by atoms with Crippen molar-refractivity contribution in [2.45, 2.75) is 71.0 Å². The van der Waals surface area contributed by atoms with E-state index >= 15 is 0 Å². The van der Waals surface area contributed by atoms with Crippen LogP contribution < -0.4 is 0 Å². The van der Waals surface area contributed by atoms with E-state index in [1.165, 1.54) is 19.6 Å². The fourth-order valence-electron chi connectivity index (χ4n) is 5.41. The molecule has 6 heteroatoms. The lowest BCUT2D eigenvalue weighted by molar-refractivity contribution is -0.235. The molecule has 2 bridgehead atoms. The number of ether oxygens (including phenoxy) is 3. The molecule has 2 aliphatic carbocycles. The van der Waals surface area contributed by atoms with Crippen molar-refractivity contribution in [3.63, 3.8) is 0 Å². The van der Waals surface area contributed by atoms with Crippen LogP contribution in [0.5, 0.6) is 0 Å². The van der Waals surface area contributed by atoms with Gasteiger partial charge >= 0.3 is 17.9 Å². The average Bonchev–Trinajstić information content (AvgIpc) is 2.83. The molecule has 0 amide bonds. The molecule has 4 unspecified atom stereocenters. The average molecular weight is 402 g/mol. The fourth-order valence-corrected chi connectivity index (χ4v) is 5.41. The van der Waals surface area contributed by atoms with Crippen LogP contribution in [0.15, 0.2) is 35.5 Å². The lowest BCUT2D eigenvalue weighted by Gasteiger charge is -2.54. The Hall–Kier alpha value is -2.37. The molecule has 0 radical (unpaired) electrons. The van der Waals surface area contributed by atoms with Crippen LogP contribution in [0.25, 0.3) is 0 Å². The number of carbonyl (C=O) groups is 3. The maximum atomic E-state index is 13.4. The highest BCUT2D eigenvalue weighted by Crippen LogP contribution is 2.65. The smallest absolute Gasteiger partial charge is 0.333 e. The maximum Gasteiger partial charge on any atom is 0.333 e. The van der Waals surface area contributed by atoms with Gasteiger partial charge < -0.3 is 14.2 Å². The molecule has 0 N–H and O–H groups in total. The Balaban J connectivity index is 2.03. The van der Waals surface area contributed by atoms with Crippen LogP contribution >= 0.6 is 0 Å². The van der Waals surface area contributed by atoms with Crippen LogP contribution in [-0.4, -0.2) is 36.2 Å². The zero-order valence-electron chi connectivity index (χ0n) is 17.9. The van der Waals surface area contributed by atoms with E-state index in [9.17, 15) is 14.4 Å². The van der Waals surface area contributed by atoms with Crippen LogP contribution in [0, 0.1) is 11.3 Å². The predicted molar refractivity (Wildman–Crippen MR) is 107 cm³/mol. The molecule has 2 fully saturated rings. The molecule has 158 valence electrons. The SMILES string of the molecule is COC(=O)C(C)=CC=CC1(C)OC(=O)C23CC=C(C)CCC2(OC(C)=O)C1CC3. The molecule has 3 aliphatic rings. The number of hydrogen-bond donors (Lipinski definition) is 0. The largest absolute Gasteiger partial charge is 0.466 e. The molecule has 0 aromatic rings. The molecule has 3 rings (SSSR count). The fraction of sp³-hybridized carbons (Fsp3) is 0.609. The summed E-state index contributed by atoms with van der Waals surface area (Å²) in [5, 5.41) is 0. The van der Waals surface area contributed by atoms with Gasteiger partial charge in [0.15, 0.2) is 0 Å². The Morgan fingerprint density at radius 3 is 2.66 bits per heavy atom. The second-order valence-electron chi connectivity index (χ2n) is 8.68. The van der Waals surface area contributed by atoms with Gasteiger partial charge in [0, 0.05) is 18.4 Å².